The van der Waals surface area contributed by atoms with Crippen molar-refractivity contribution in [2.75, 3.05) is 26.2 Å². The van der Waals surface area contributed by atoms with E-state index in [0.717, 1.165) is 29.1 Å². The molecule has 0 saturated carbocycles. The van der Waals surface area contributed by atoms with E-state index in [1.54, 1.807) is 6.92 Å². The molecule has 1 amide bonds. The summed E-state index contributed by atoms with van der Waals surface area (Å²) in [4.78, 5) is 14.6. The average Bonchev–Trinajstić information content (AvgIpc) is 3.02. The molecule has 1 fully saturated rings. The van der Waals surface area contributed by atoms with Gasteiger partial charge < -0.3 is 15.0 Å². The van der Waals surface area contributed by atoms with E-state index in [4.69, 9.17) is 16.3 Å². The number of nitrogens with one attached hydrogen (secondary N) is 1. The first-order valence-corrected chi connectivity index (χ1v) is 8.78. The number of aryl methyl sites for hydroxylation is 2. The highest BCUT2D eigenvalue weighted by Crippen LogP contribution is 2.26. The van der Waals surface area contributed by atoms with Gasteiger partial charge in [-0.3, -0.25) is 4.79 Å². The largest absolute Gasteiger partial charge is 0.481 e. The number of carbonyl (C=O) groups excluding carboxylic acids is 1. The zero-order valence-corrected chi connectivity index (χ0v) is 15.1. The lowest BCUT2D eigenvalue weighted by Gasteiger charge is -2.17. The maximum Gasteiger partial charge on any atom is 0.260 e. The third-order valence-electron chi connectivity index (χ3n) is 4.24. The van der Waals surface area contributed by atoms with Gasteiger partial charge in [0.05, 0.1) is 0 Å². The number of ether oxygens (including phenoxy) is 1. The van der Waals surface area contributed by atoms with Gasteiger partial charge in [-0.15, -0.1) is 0 Å². The molecule has 1 N–H and O–H groups in total. The minimum absolute atomic E-state index is 0.0725. The van der Waals surface area contributed by atoms with Crippen molar-refractivity contribution < 1.29 is 9.53 Å². The third kappa shape index (κ3) is 5.40. The van der Waals surface area contributed by atoms with Gasteiger partial charge in [0.25, 0.3) is 5.91 Å². The number of carbonyl (C=O) groups is 1. The Morgan fingerprint density at radius 1 is 1.30 bits per heavy atom. The van der Waals surface area contributed by atoms with E-state index in [2.05, 4.69) is 10.2 Å². The smallest absolute Gasteiger partial charge is 0.260 e. The second-order valence-electron chi connectivity index (χ2n) is 6.32. The van der Waals surface area contributed by atoms with E-state index in [1.165, 1.54) is 25.9 Å². The first-order chi connectivity index (χ1) is 11.0. The van der Waals surface area contributed by atoms with Crippen LogP contribution in [0.15, 0.2) is 12.1 Å². The highest BCUT2D eigenvalue weighted by molar-refractivity contribution is 6.32. The lowest BCUT2D eigenvalue weighted by atomic mass is 10.1. The van der Waals surface area contributed by atoms with Crippen molar-refractivity contribution in [2.24, 2.45) is 0 Å². The summed E-state index contributed by atoms with van der Waals surface area (Å²) in [6.45, 7) is 9.80. The Balaban J connectivity index is 1.73. The topological polar surface area (TPSA) is 41.6 Å². The molecule has 1 heterocycles. The summed E-state index contributed by atoms with van der Waals surface area (Å²) in [7, 11) is 0. The summed E-state index contributed by atoms with van der Waals surface area (Å²) in [6, 6.07) is 3.74. The van der Waals surface area contributed by atoms with E-state index >= 15 is 0 Å². The van der Waals surface area contributed by atoms with E-state index in [-0.39, 0.29) is 5.91 Å². The molecule has 128 valence electrons. The molecule has 23 heavy (non-hydrogen) atoms. The van der Waals surface area contributed by atoms with Crippen LogP contribution in [0.25, 0.3) is 0 Å². The molecule has 0 bridgehead atoms. The molecular formula is C18H27ClN2O2. The molecule has 1 aromatic rings. The quantitative estimate of drug-likeness (QED) is 0.775. The van der Waals surface area contributed by atoms with Gasteiger partial charge in [0.2, 0.25) is 0 Å². The zero-order chi connectivity index (χ0) is 16.8. The van der Waals surface area contributed by atoms with E-state index < -0.39 is 6.10 Å². The fourth-order valence-electron chi connectivity index (χ4n) is 2.90. The second kappa shape index (κ2) is 8.55. The van der Waals surface area contributed by atoms with Crippen LogP contribution >= 0.6 is 11.6 Å². The number of hydrogen-bond donors (Lipinski definition) is 1. The van der Waals surface area contributed by atoms with Crippen molar-refractivity contribution in [3.8, 4) is 5.75 Å². The van der Waals surface area contributed by atoms with E-state index in [0.29, 0.717) is 12.3 Å². The molecular weight excluding hydrogens is 312 g/mol. The lowest BCUT2D eigenvalue weighted by molar-refractivity contribution is -0.127. The molecule has 4 nitrogen and oxygen atoms in total. The molecule has 0 unspecified atom stereocenters. The first-order valence-electron chi connectivity index (χ1n) is 8.41. The van der Waals surface area contributed by atoms with Crippen molar-refractivity contribution in [1.82, 2.24) is 10.2 Å². The van der Waals surface area contributed by atoms with Gasteiger partial charge in [0.1, 0.15) is 5.75 Å². The summed E-state index contributed by atoms with van der Waals surface area (Å²) >= 11 is 6.15. The molecule has 0 spiro atoms. The maximum atomic E-state index is 12.1. The Bertz CT molecular complexity index is 519. The molecule has 0 aliphatic carbocycles. The SMILES string of the molecule is Cc1cc(O[C@@H](C)C(=O)NCCCN2CCCC2)cc(C)c1Cl. The average molecular weight is 339 g/mol. The summed E-state index contributed by atoms with van der Waals surface area (Å²) in [5, 5.41) is 3.70. The summed E-state index contributed by atoms with van der Waals surface area (Å²) in [5.74, 6) is 0.612. The summed E-state index contributed by atoms with van der Waals surface area (Å²) < 4.78 is 5.74. The minimum Gasteiger partial charge on any atom is -0.481 e. The zero-order valence-electron chi connectivity index (χ0n) is 14.3. The third-order valence-corrected chi connectivity index (χ3v) is 4.84. The molecule has 1 aliphatic heterocycles. The van der Waals surface area contributed by atoms with Crippen molar-refractivity contribution in [2.45, 2.75) is 46.1 Å². The van der Waals surface area contributed by atoms with E-state index in [1.807, 2.05) is 26.0 Å². The number of benzene rings is 1. The monoisotopic (exact) mass is 338 g/mol. The molecule has 1 aromatic carbocycles. The maximum absolute atomic E-state index is 12.1. The standard InChI is InChI=1S/C18H27ClN2O2/c1-13-11-16(12-14(2)17(13)19)23-15(3)18(22)20-7-6-10-21-8-4-5-9-21/h11-12,15H,4-10H2,1-3H3,(H,20,22)/t15-/m0/s1. The van der Waals surface area contributed by atoms with Gasteiger partial charge in [-0.1, -0.05) is 11.6 Å². The fraction of sp³-hybridized carbons (Fsp3) is 0.611. The van der Waals surface area contributed by atoms with Crippen molar-refractivity contribution in [3.63, 3.8) is 0 Å². The van der Waals surface area contributed by atoms with Crippen LogP contribution in [0.2, 0.25) is 5.02 Å². The van der Waals surface area contributed by atoms with Crippen LogP contribution in [0.1, 0.15) is 37.3 Å². The summed E-state index contributed by atoms with van der Waals surface area (Å²) in [6.07, 6.45) is 3.08. The van der Waals surface area contributed by atoms with Crippen molar-refractivity contribution >= 4 is 17.5 Å². The van der Waals surface area contributed by atoms with Gasteiger partial charge in [-0.2, -0.15) is 0 Å². The minimum atomic E-state index is -0.512. The van der Waals surface area contributed by atoms with Crippen LogP contribution in [-0.2, 0) is 4.79 Å². The van der Waals surface area contributed by atoms with Crippen LogP contribution in [0, 0.1) is 13.8 Å². The van der Waals surface area contributed by atoms with Crippen LogP contribution in [0.4, 0.5) is 0 Å². The van der Waals surface area contributed by atoms with E-state index in [9.17, 15) is 4.79 Å². The highest BCUT2D eigenvalue weighted by atomic mass is 35.5. The van der Waals surface area contributed by atoms with Gasteiger partial charge in [0, 0.05) is 11.6 Å². The molecule has 1 saturated heterocycles. The molecule has 5 heteroatoms. The van der Waals surface area contributed by atoms with Gasteiger partial charge >= 0.3 is 0 Å². The predicted molar refractivity (Wildman–Crippen MR) is 94.3 cm³/mol. The van der Waals surface area contributed by atoms with Crippen LogP contribution in [0.5, 0.6) is 5.75 Å². The van der Waals surface area contributed by atoms with Crippen molar-refractivity contribution in [1.29, 1.82) is 0 Å². The Morgan fingerprint density at radius 3 is 2.52 bits per heavy atom. The second-order valence-corrected chi connectivity index (χ2v) is 6.70. The van der Waals surface area contributed by atoms with Crippen LogP contribution in [0.3, 0.4) is 0 Å². The van der Waals surface area contributed by atoms with Gasteiger partial charge in [-0.25, -0.2) is 0 Å². The van der Waals surface area contributed by atoms with Gasteiger partial charge in [0.15, 0.2) is 6.10 Å². The van der Waals surface area contributed by atoms with Crippen LogP contribution < -0.4 is 10.1 Å². The fourth-order valence-corrected chi connectivity index (χ4v) is 3.01. The number of halogens is 1. The highest BCUT2D eigenvalue weighted by Gasteiger charge is 2.16. The molecule has 1 aliphatic rings. The van der Waals surface area contributed by atoms with Crippen molar-refractivity contribution in [3.05, 3.63) is 28.3 Å². The number of rotatable bonds is 7. The van der Waals surface area contributed by atoms with Crippen LogP contribution in [-0.4, -0.2) is 43.1 Å². The number of hydrogen-bond acceptors (Lipinski definition) is 3. The Labute approximate surface area is 144 Å². The Kier molecular flexibility index (Phi) is 6.72. The number of likely N-dealkylation sites (tertiary alicyclic amines) is 1. The molecule has 0 aromatic heterocycles. The normalized spacial score (nSPS) is 16.3. The molecule has 2 rings (SSSR count). The Morgan fingerprint density at radius 2 is 1.91 bits per heavy atom. The first kappa shape index (κ1) is 18.1. The van der Waals surface area contributed by atoms with Gasteiger partial charge in [-0.05, 0) is 82.9 Å². The summed E-state index contributed by atoms with van der Waals surface area (Å²) in [5.41, 5.74) is 1.92. The Hall–Kier alpha value is -1.26. The lowest BCUT2D eigenvalue weighted by Crippen LogP contribution is -2.37. The number of nitrogens with zero attached hydrogens (tertiary/aromatic N) is 1. The molecule has 1 atom stereocenters. The molecule has 0 radical (unpaired) electrons. The predicted octanol–water partition coefficient (Wildman–Crippen LogP) is 3.33. The number of amides is 1.